The van der Waals surface area contributed by atoms with Crippen LogP contribution in [-0.4, -0.2) is 23.4 Å². The van der Waals surface area contributed by atoms with Crippen LogP contribution < -0.4 is 0 Å². The van der Waals surface area contributed by atoms with Gasteiger partial charge in [0.1, 0.15) is 0 Å². The number of benzene rings is 1. The monoisotopic (exact) mass is 284 g/mol. The van der Waals surface area contributed by atoms with Crippen molar-refractivity contribution in [3.05, 3.63) is 35.4 Å². The van der Waals surface area contributed by atoms with Crippen LogP contribution in [0.3, 0.4) is 0 Å². The van der Waals surface area contributed by atoms with E-state index in [9.17, 15) is 4.79 Å². The molecular weight excluding hydrogens is 260 g/mol. The highest BCUT2D eigenvalue weighted by Crippen LogP contribution is 2.25. The normalized spacial score (nSPS) is 15.1. The van der Waals surface area contributed by atoms with Crippen molar-refractivity contribution in [2.24, 2.45) is 5.92 Å². The second kappa shape index (κ2) is 7.26. The summed E-state index contributed by atoms with van der Waals surface area (Å²) in [6.45, 7) is 5.17. The summed E-state index contributed by atoms with van der Waals surface area (Å²) in [5.41, 5.74) is 1.63. The Bertz CT molecular complexity index is 507. The van der Waals surface area contributed by atoms with Crippen molar-refractivity contribution in [2.45, 2.75) is 52.0 Å². The van der Waals surface area contributed by atoms with Crippen molar-refractivity contribution < 1.29 is 4.79 Å². The second-order valence-electron chi connectivity index (χ2n) is 6.36. The number of nitriles is 1. The summed E-state index contributed by atoms with van der Waals surface area (Å²) in [6.07, 6.45) is 5.21. The van der Waals surface area contributed by atoms with Gasteiger partial charge in [0.2, 0.25) is 5.91 Å². The molecule has 0 spiro atoms. The summed E-state index contributed by atoms with van der Waals surface area (Å²) in [5.74, 6) is 0.718. The molecule has 1 fully saturated rings. The van der Waals surface area contributed by atoms with Gasteiger partial charge in [-0.2, -0.15) is 5.26 Å². The number of hydrogen-bond donors (Lipinski definition) is 0. The molecule has 1 aromatic carbocycles. The number of carbonyl (C=O) groups excluding carboxylic acids is 1. The first-order valence-corrected chi connectivity index (χ1v) is 7.88. The SMILES string of the molecule is CC(C)CN(C(=O)Cc1ccc(C#N)cc1)C1CCCC1. The van der Waals surface area contributed by atoms with Crippen LogP contribution in [0.4, 0.5) is 0 Å². The smallest absolute Gasteiger partial charge is 0.227 e. The average Bonchev–Trinajstić information content (AvgIpc) is 2.99. The van der Waals surface area contributed by atoms with Gasteiger partial charge in [0.15, 0.2) is 0 Å². The predicted octanol–water partition coefficient (Wildman–Crippen LogP) is 3.53. The van der Waals surface area contributed by atoms with Gasteiger partial charge in [-0.1, -0.05) is 38.8 Å². The van der Waals surface area contributed by atoms with E-state index in [1.54, 1.807) is 12.1 Å². The highest BCUT2D eigenvalue weighted by atomic mass is 16.2. The first-order chi connectivity index (χ1) is 10.1. The van der Waals surface area contributed by atoms with Crippen molar-refractivity contribution in [2.75, 3.05) is 6.54 Å². The molecule has 3 heteroatoms. The molecule has 0 N–H and O–H groups in total. The lowest BCUT2D eigenvalue weighted by Crippen LogP contribution is -2.42. The summed E-state index contributed by atoms with van der Waals surface area (Å²) in [7, 11) is 0. The van der Waals surface area contributed by atoms with Gasteiger partial charge in [-0.25, -0.2) is 0 Å². The summed E-state index contributed by atoms with van der Waals surface area (Å²) >= 11 is 0. The fourth-order valence-corrected chi connectivity index (χ4v) is 3.04. The minimum Gasteiger partial charge on any atom is -0.339 e. The molecule has 112 valence electrons. The molecule has 0 bridgehead atoms. The fourth-order valence-electron chi connectivity index (χ4n) is 3.04. The molecule has 1 aromatic rings. The molecule has 3 nitrogen and oxygen atoms in total. The van der Waals surface area contributed by atoms with E-state index in [4.69, 9.17) is 5.26 Å². The lowest BCUT2D eigenvalue weighted by Gasteiger charge is -2.30. The van der Waals surface area contributed by atoms with E-state index >= 15 is 0 Å². The lowest BCUT2D eigenvalue weighted by molar-refractivity contribution is -0.133. The highest BCUT2D eigenvalue weighted by Gasteiger charge is 2.26. The highest BCUT2D eigenvalue weighted by molar-refractivity contribution is 5.79. The van der Waals surface area contributed by atoms with E-state index in [0.717, 1.165) is 24.9 Å². The van der Waals surface area contributed by atoms with Crippen LogP contribution in [0.15, 0.2) is 24.3 Å². The van der Waals surface area contributed by atoms with Crippen molar-refractivity contribution in [1.82, 2.24) is 4.90 Å². The molecule has 2 rings (SSSR count). The lowest BCUT2D eigenvalue weighted by atomic mass is 10.1. The number of nitrogens with zero attached hydrogens (tertiary/aromatic N) is 2. The molecule has 21 heavy (non-hydrogen) atoms. The molecule has 1 aliphatic carbocycles. The summed E-state index contributed by atoms with van der Waals surface area (Å²) in [5, 5.41) is 8.82. The third-order valence-corrected chi connectivity index (χ3v) is 4.09. The van der Waals surface area contributed by atoms with E-state index in [1.165, 1.54) is 12.8 Å². The number of carbonyl (C=O) groups is 1. The number of hydrogen-bond acceptors (Lipinski definition) is 2. The van der Waals surface area contributed by atoms with Crippen molar-refractivity contribution >= 4 is 5.91 Å². The van der Waals surface area contributed by atoms with Gasteiger partial charge in [-0.05, 0) is 36.5 Å². The van der Waals surface area contributed by atoms with Gasteiger partial charge in [0.05, 0.1) is 18.1 Å². The van der Waals surface area contributed by atoms with Gasteiger partial charge in [0, 0.05) is 12.6 Å². The first kappa shape index (κ1) is 15.6. The van der Waals surface area contributed by atoms with Crippen LogP contribution in [0.2, 0.25) is 0 Å². The van der Waals surface area contributed by atoms with E-state index in [-0.39, 0.29) is 5.91 Å². The molecule has 1 aliphatic rings. The van der Waals surface area contributed by atoms with E-state index in [1.807, 2.05) is 12.1 Å². The maximum atomic E-state index is 12.7. The Balaban J connectivity index is 2.04. The van der Waals surface area contributed by atoms with Gasteiger partial charge in [0.25, 0.3) is 0 Å². The number of rotatable bonds is 5. The van der Waals surface area contributed by atoms with Gasteiger partial charge < -0.3 is 4.90 Å². The average molecular weight is 284 g/mol. The van der Waals surface area contributed by atoms with Crippen LogP contribution in [0.1, 0.15) is 50.7 Å². The molecular formula is C18H24N2O. The maximum absolute atomic E-state index is 12.7. The van der Waals surface area contributed by atoms with Crippen LogP contribution in [0.5, 0.6) is 0 Å². The third kappa shape index (κ3) is 4.32. The number of amides is 1. The molecule has 1 amide bonds. The van der Waals surface area contributed by atoms with Gasteiger partial charge in [-0.3, -0.25) is 4.79 Å². The van der Waals surface area contributed by atoms with Crippen molar-refractivity contribution in [3.63, 3.8) is 0 Å². The van der Waals surface area contributed by atoms with Crippen LogP contribution >= 0.6 is 0 Å². The van der Waals surface area contributed by atoms with Crippen molar-refractivity contribution in [3.8, 4) is 6.07 Å². The minimum absolute atomic E-state index is 0.223. The molecule has 0 atom stereocenters. The molecule has 1 saturated carbocycles. The Hall–Kier alpha value is -1.82. The topological polar surface area (TPSA) is 44.1 Å². The zero-order chi connectivity index (χ0) is 15.2. The molecule has 0 unspecified atom stereocenters. The quantitative estimate of drug-likeness (QED) is 0.830. The van der Waals surface area contributed by atoms with Crippen LogP contribution in [0, 0.1) is 17.2 Å². The Morgan fingerprint density at radius 1 is 1.29 bits per heavy atom. The van der Waals surface area contributed by atoms with Gasteiger partial charge >= 0.3 is 0 Å². The fraction of sp³-hybridized carbons (Fsp3) is 0.556. The predicted molar refractivity (Wildman–Crippen MR) is 83.7 cm³/mol. The van der Waals surface area contributed by atoms with Crippen LogP contribution in [0.25, 0.3) is 0 Å². The zero-order valence-electron chi connectivity index (χ0n) is 13.0. The molecule has 0 heterocycles. The zero-order valence-corrected chi connectivity index (χ0v) is 13.0. The molecule has 0 radical (unpaired) electrons. The van der Waals surface area contributed by atoms with Crippen molar-refractivity contribution in [1.29, 1.82) is 5.26 Å². The standard InChI is InChI=1S/C18H24N2O/c1-14(2)13-20(17-5-3-4-6-17)18(21)11-15-7-9-16(12-19)10-8-15/h7-10,14,17H,3-6,11,13H2,1-2H3. The van der Waals surface area contributed by atoms with E-state index < -0.39 is 0 Å². The molecule has 0 aliphatic heterocycles. The largest absolute Gasteiger partial charge is 0.339 e. The summed E-state index contributed by atoms with van der Waals surface area (Å²) < 4.78 is 0. The second-order valence-corrected chi connectivity index (χ2v) is 6.36. The maximum Gasteiger partial charge on any atom is 0.227 e. The third-order valence-electron chi connectivity index (χ3n) is 4.09. The molecule has 0 aromatic heterocycles. The Morgan fingerprint density at radius 3 is 2.43 bits per heavy atom. The molecule has 0 saturated heterocycles. The summed E-state index contributed by atoms with van der Waals surface area (Å²) in [6, 6.07) is 9.88. The Labute approximate surface area is 127 Å². The first-order valence-electron chi connectivity index (χ1n) is 7.88. The van der Waals surface area contributed by atoms with Crippen LogP contribution in [-0.2, 0) is 11.2 Å². The minimum atomic E-state index is 0.223. The van der Waals surface area contributed by atoms with E-state index in [0.29, 0.717) is 23.9 Å². The Kier molecular flexibility index (Phi) is 5.38. The summed E-state index contributed by atoms with van der Waals surface area (Å²) in [4.78, 5) is 14.7. The van der Waals surface area contributed by atoms with Gasteiger partial charge in [-0.15, -0.1) is 0 Å². The van der Waals surface area contributed by atoms with E-state index in [2.05, 4.69) is 24.8 Å². The Morgan fingerprint density at radius 2 is 1.90 bits per heavy atom.